The first-order valence-electron chi connectivity index (χ1n) is 5.56. The van der Waals surface area contributed by atoms with Crippen LogP contribution >= 0.6 is 31.9 Å². The molecule has 0 spiro atoms. The highest BCUT2D eigenvalue weighted by molar-refractivity contribution is 9.10. The fourth-order valence-electron chi connectivity index (χ4n) is 1.53. The van der Waals surface area contributed by atoms with E-state index in [1.807, 2.05) is 0 Å². The van der Waals surface area contributed by atoms with Crippen LogP contribution in [0.3, 0.4) is 0 Å². The Morgan fingerprint density at radius 3 is 2.43 bits per heavy atom. The van der Waals surface area contributed by atoms with Crippen LogP contribution in [0.2, 0.25) is 0 Å². The number of nitrogens with one attached hydrogen (secondary N) is 1. The second kappa shape index (κ2) is 6.18. The molecule has 1 heterocycles. The van der Waals surface area contributed by atoms with Gasteiger partial charge in [-0.2, -0.15) is 0 Å². The maximum absolute atomic E-state index is 12.2. The van der Waals surface area contributed by atoms with E-state index in [-0.39, 0.29) is 10.2 Å². The molecule has 0 unspecified atom stereocenters. The Labute approximate surface area is 135 Å². The van der Waals surface area contributed by atoms with Gasteiger partial charge in [0.2, 0.25) is 0 Å². The molecule has 2 aromatic rings. The lowest BCUT2D eigenvalue weighted by atomic mass is 10.3. The molecule has 0 saturated carbocycles. The van der Waals surface area contributed by atoms with Gasteiger partial charge in [0.15, 0.2) is 0 Å². The molecule has 112 valence electrons. The number of nitrogens with zero attached hydrogens (tertiary/aromatic N) is 2. The highest BCUT2D eigenvalue weighted by atomic mass is 79.9. The molecule has 0 aliphatic rings. The Bertz CT molecular complexity index is 644. The van der Waals surface area contributed by atoms with Crippen molar-refractivity contribution < 1.29 is 17.9 Å². The standard InChI is InChI=1S/C12H8Br2F3N3O/c1-6-18-10(14)5-11(19-6)20-7-2-3-9(8(13)4-7)21-12(15,16)17/h2-5H,1H3,(H,18,19,20). The number of anilines is 2. The zero-order valence-electron chi connectivity index (χ0n) is 10.5. The van der Waals surface area contributed by atoms with E-state index in [4.69, 9.17) is 0 Å². The third-order valence-electron chi connectivity index (χ3n) is 2.24. The fraction of sp³-hybridized carbons (Fsp3) is 0.167. The lowest BCUT2D eigenvalue weighted by molar-refractivity contribution is -0.274. The molecule has 0 atom stereocenters. The van der Waals surface area contributed by atoms with Gasteiger partial charge in [0.25, 0.3) is 0 Å². The molecular weight excluding hydrogens is 419 g/mol. The van der Waals surface area contributed by atoms with E-state index in [2.05, 4.69) is 51.9 Å². The first-order valence-corrected chi connectivity index (χ1v) is 7.15. The summed E-state index contributed by atoms with van der Waals surface area (Å²) in [7, 11) is 0. The highest BCUT2D eigenvalue weighted by Crippen LogP contribution is 2.33. The van der Waals surface area contributed by atoms with Gasteiger partial charge in [-0.05, 0) is 57.0 Å². The molecule has 9 heteroatoms. The van der Waals surface area contributed by atoms with Gasteiger partial charge < -0.3 is 10.1 Å². The van der Waals surface area contributed by atoms with Gasteiger partial charge in [-0.15, -0.1) is 13.2 Å². The molecule has 21 heavy (non-hydrogen) atoms. The second-order valence-electron chi connectivity index (χ2n) is 3.94. The molecule has 0 aliphatic carbocycles. The third kappa shape index (κ3) is 4.85. The first-order chi connectivity index (χ1) is 9.73. The van der Waals surface area contributed by atoms with Gasteiger partial charge in [-0.3, -0.25) is 0 Å². The number of rotatable bonds is 3. The summed E-state index contributed by atoms with van der Waals surface area (Å²) in [6, 6.07) is 5.79. The summed E-state index contributed by atoms with van der Waals surface area (Å²) in [5, 5.41) is 2.97. The van der Waals surface area contributed by atoms with E-state index in [1.54, 1.807) is 13.0 Å². The largest absolute Gasteiger partial charge is 0.573 e. The number of aryl methyl sites for hydroxylation is 1. The van der Waals surface area contributed by atoms with Gasteiger partial charge in [0, 0.05) is 11.8 Å². The molecule has 0 radical (unpaired) electrons. The molecule has 0 aliphatic heterocycles. The lowest BCUT2D eigenvalue weighted by Gasteiger charge is -2.12. The summed E-state index contributed by atoms with van der Waals surface area (Å²) in [5.74, 6) is 0.766. The summed E-state index contributed by atoms with van der Waals surface area (Å²) in [6.45, 7) is 1.73. The number of hydrogen-bond donors (Lipinski definition) is 1. The zero-order valence-corrected chi connectivity index (χ0v) is 13.7. The number of alkyl halides is 3. The van der Waals surface area contributed by atoms with E-state index >= 15 is 0 Å². The first kappa shape index (κ1) is 16.0. The normalized spacial score (nSPS) is 11.3. The van der Waals surface area contributed by atoms with Crippen LogP contribution in [-0.2, 0) is 0 Å². The van der Waals surface area contributed by atoms with Gasteiger partial charge >= 0.3 is 6.36 Å². The van der Waals surface area contributed by atoms with Crippen molar-refractivity contribution in [2.24, 2.45) is 0 Å². The van der Waals surface area contributed by atoms with Crippen LogP contribution < -0.4 is 10.1 Å². The van der Waals surface area contributed by atoms with E-state index in [9.17, 15) is 13.2 Å². The molecule has 2 rings (SSSR count). The minimum atomic E-state index is -4.73. The molecular formula is C12H8Br2F3N3O. The average molecular weight is 427 g/mol. The van der Waals surface area contributed by atoms with Crippen LogP contribution in [0.1, 0.15) is 5.82 Å². The van der Waals surface area contributed by atoms with Gasteiger partial charge in [-0.25, -0.2) is 9.97 Å². The summed E-state index contributed by atoms with van der Waals surface area (Å²) >= 11 is 6.28. The van der Waals surface area contributed by atoms with E-state index in [1.165, 1.54) is 18.2 Å². The van der Waals surface area contributed by atoms with Crippen molar-refractivity contribution in [3.63, 3.8) is 0 Å². The maximum Gasteiger partial charge on any atom is 0.573 e. The van der Waals surface area contributed by atoms with Crippen molar-refractivity contribution in [1.29, 1.82) is 0 Å². The molecule has 4 nitrogen and oxygen atoms in total. The van der Waals surface area contributed by atoms with Crippen molar-refractivity contribution >= 4 is 43.4 Å². The minimum absolute atomic E-state index is 0.176. The molecule has 0 fully saturated rings. The Morgan fingerprint density at radius 2 is 1.86 bits per heavy atom. The van der Waals surface area contributed by atoms with Crippen LogP contribution in [0.25, 0.3) is 0 Å². The summed E-state index contributed by atoms with van der Waals surface area (Å²) < 4.78 is 41.2. The van der Waals surface area contributed by atoms with Crippen molar-refractivity contribution in [1.82, 2.24) is 9.97 Å². The SMILES string of the molecule is Cc1nc(Br)cc(Nc2ccc(OC(F)(F)F)c(Br)c2)n1. The van der Waals surface area contributed by atoms with Crippen LogP contribution in [0, 0.1) is 6.92 Å². The number of aromatic nitrogens is 2. The van der Waals surface area contributed by atoms with Crippen molar-refractivity contribution in [3.05, 3.63) is 39.2 Å². The quantitative estimate of drug-likeness (QED) is 0.705. The third-order valence-corrected chi connectivity index (χ3v) is 3.26. The van der Waals surface area contributed by atoms with Gasteiger partial charge in [0.1, 0.15) is 22.0 Å². The smallest absolute Gasteiger partial charge is 0.405 e. The van der Waals surface area contributed by atoms with Crippen molar-refractivity contribution in [2.45, 2.75) is 13.3 Å². The van der Waals surface area contributed by atoms with Crippen LogP contribution in [0.15, 0.2) is 33.3 Å². The molecule has 0 bridgehead atoms. The maximum atomic E-state index is 12.2. The van der Waals surface area contributed by atoms with E-state index in [0.29, 0.717) is 21.9 Å². The van der Waals surface area contributed by atoms with Crippen molar-refractivity contribution in [2.75, 3.05) is 5.32 Å². The number of hydrogen-bond acceptors (Lipinski definition) is 4. The topological polar surface area (TPSA) is 47.0 Å². The lowest BCUT2D eigenvalue weighted by Crippen LogP contribution is -2.17. The molecule has 0 amide bonds. The molecule has 1 aromatic carbocycles. The molecule has 1 N–H and O–H groups in total. The zero-order chi connectivity index (χ0) is 15.6. The Hall–Kier alpha value is -1.35. The minimum Gasteiger partial charge on any atom is -0.405 e. The average Bonchev–Trinajstić information content (AvgIpc) is 2.30. The predicted molar refractivity (Wildman–Crippen MR) is 78.6 cm³/mol. The van der Waals surface area contributed by atoms with Gasteiger partial charge in [0.05, 0.1) is 4.47 Å². The second-order valence-corrected chi connectivity index (χ2v) is 5.61. The van der Waals surface area contributed by atoms with Crippen LogP contribution in [-0.4, -0.2) is 16.3 Å². The van der Waals surface area contributed by atoms with E-state index in [0.717, 1.165) is 0 Å². The summed E-state index contributed by atoms with van der Waals surface area (Å²) in [4.78, 5) is 8.22. The molecule has 0 saturated heterocycles. The number of ether oxygens (including phenoxy) is 1. The number of halogens is 5. The summed E-state index contributed by atoms with van der Waals surface area (Å²) in [5.41, 5.74) is 0.557. The van der Waals surface area contributed by atoms with Crippen LogP contribution in [0.5, 0.6) is 5.75 Å². The number of benzene rings is 1. The predicted octanol–water partition coefficient (Wildman–Crippen LogP) is 4.95. The van der Waals surface area contributed by atoms with E-state index < -0.39 is 6.36 Å². The summed E-state index contributed by atoms with van der Waals surface area (Å²) in [6.07, 6.45) is -4.73. The highest BCUT2D eigenvalue weighted by Gasteiger charge is 2.31. The van der Waals surface area contributed by atoms with Gasteiger partial charge in [-0.1, -0.05) is 0 Å². The Morgan fingerprint density at radius 1 is 1.14 bits per heavy atom. The Kier molecular flexibility index (Phi) is 4.72. The molecule has 1 aromatic heterocycles. The Balaban J connectivity index is 2.20. The fourth-order valence-corrected chi connectivity index (χ4v) is 2.46. The monoisotopic (exact) mass is 425 g/mol. The van der Waals surface area contributed by atoms with Crippen LogP contribution in [0.4, 0.5) is 24.7 Å². The van der Waals surface area contributed by atoms with Crippen molar-refractivity contribution in [3.8, 4) is 5.75 Å².